The standard InChI is InChI=1S/C44H50N6O7S2/c1-30-21-23-34(24-22-30)59(55,56)48-43(45)46-25-11-18-35(40(51)39-28-33-17-9-10-20-38(33)58-39)47-41(52)36-19-12-26-50(36)42(53)37(27-31-13-5-3-6-14-31)49(2)44(54)57-29-32-15-7-4-8-16-32/h3-10,13-17,20-24,28,35-37,40,51H,11-12,18-19,25-27,29H2,1-2H3,(H,47,52)(H3,45,46,48)/t35-,36-,37+,40?/m0/s1. The predicted molar refractivity (Wildman–Crippen MR) is 229 cm³/mol. The van der Waals surface area contributed by atoms with Crippen molar-refractivity contribution in [3.63, 3.8) is 0 Å². The molecule has 4 atom stereocenters. The quantitative estimate of drug-likeness (QED) is 0.0557. The number of nitrogens with zero attached hydrogens (tertiary/aromatic N) is 3. The van der Waals surface area contributed by atoms with Crippen LogP contribution in [0, 0.1) is 6.92 Å². The van der Waals surface area contributed by atoms with E-state index in [1.165, 1.54) is 40.3 Å². The molecule has 1 unspecified atom stereocenters. The fourth-order valence-corrected chi connectivity index (χ4v) is 9.13. The molecule has 15 heteroatoms. The first-order valence-corrected chi connectivity index (χ1v) is 21.8. The normalized spacial score (nSPS) is 15.9. The number of carbonyl (C=O) groups is 3. The Kier molecular flexibility index (Phi) is 14.4. The highest BCUT2D eigenvalue weighted by Gasteiger charge is 2.41. The van der Waals surface area contributed by atoms with Gasteiger partial charge in [-0.1, -0.05) is 96.6 Å². The lowest BCUT2D eigenvalue weighted by Gasteiger charge is -2.33. The fourth-order valence-electron chi connectivity index (χ4n) is 7.06. The lowest BCUT2D eigenvalue weighted by molar-refractivity contribution is -0.142. The molecule has 13 nitrogen and oxygen atoms in total. The largest absolute Gasteiger partial charge is 0.445 e. The number of aliphatic imine (C=N–C) groups is 1. The Morgan fingerprint density at radius 2 is 1.63 bits per heavy atom. The Balaban J connectivity index is 1.16. The van der Waals surface area contributed by atoms with Gasteiger partial charge < -0.3 is 25.8 Å². The van der Waals surface area contributed by atoms with Crippen molar-refractivity contribution >= 4 is 55.3 Å². The second kappa shape index (κ2) is 19.8. The van der Waals surface area contributed by atoms with Crippen molar-refractivity contribution in [1.82, 2.24) is 19.8 Å². The van der Waals surface area contributed by atoms with Crippen molar-refractivity contribution in [2.75, 3.05) is 20.1 Å². The smallest absolute Gasteiger partial charge is 0.410 e. The first kappa shape index (κ1) is 42.8. The maximum absolute atomic E-state index is 14.5. The summed E-state index contributed by atoms with van der Waals surface area (Å²) in [5.41, 5.74) is 8.53. The molecule has 1 aromatic heterocycles. The lowest BCUT2D eigenvalue weighted by Crippen LogP contribution is -2.56. The molecule has 1 aliphatic rings. The number of likely N-dealkylation sites (tertiary alicyclic amines) is 1. The number of aryl methyl sites for hydroxylation is 1. The zero-order valence-corrected chi connectivity index (χ0v) is 34.7. The molecule has 59 heavy (non-hydrogen) atoms. The number of aliphatic hydroxyl groups excluding tert-OH is 1. The number of hydrogen-bond acceptors (Lipinski definition) is 9. The van der Waals surface area contributed by atoms with Crippen LogP contribution in [0.3, 0.4) is 0 Å². The van der Waals surface area contributed by atoms with Gasteiger partial charge in [-0.05, 0) is 73.4 Å². The molecule has 1 saturated heterocycles. The van der Waals surface area contributed by atoms with Crippen molar-refractivity contribution < 1.29 is 32.6 Å². The average molecular weight is 839 g/mol. The monoisotopic (exact) mass is 838 g/mol. The highest BCUT2D eigenvalue weighted by Crippen LogP contribution is 2.33. The zero-order valence-electron chi connectivity index (χ0n) is 33.1. The van der Waals surface area contributed by atoms with Gasteiger partial charge in [-0.15, -0.1) is 11.3 Å². The number of thiophene rings is 1. The van der Waals surface area contributed by atoms with Crippen LogP contribution < -0.4 is 15.8 Å². The summed E-state index contributed by atoms with van der Waals surface area (Å²) in [6.45, 7) is 2.31. The van der Waals surface area contributed by atoms with Crippen molar-refractivity contribution in [2.45, 2.75) is 74.8 Å². The second-order valence-electron chi connectivity index (χ2n) is 14.6. The van der Waals surface area contributed by atoms with Crippen LogP contribution in [-0.4, -0.2) is 85.5 Å². The summed E-state index contributed by atoms with van der Waals surface area (Å²) in [7, 11) is -2.41. The van der Waals surface area contributed by atoms with Crippen molar-refractivity contribution in [3.05, 3.63) is 137 Å². The number of nitrogens with two attached hydrogens (primary N) is 1. The second-order valence-corrected chi connectivity index (χ2v) is 17.4. The van der Waals surface area contributed by atoms with E-state index in [-0.39, 0.29) is 42.8 Å². The molecule has 310 valence electrons. The van der Waals surface area contributed by atoms with E-state index >= 15 is 0 Å². The molecular weight excluding hydrogens is 789 g/mol. The molecule has 1 aliphatic heterocycles. The lowest BCUT2D eigenvalue weighted by atomic mass is 10.0. The van der Waals surface area contributed by atoms with Crippen LogP contribution in [0.15, 0.2) is 125 Å². The van der Waals surface area contributed by atoms with Gasteiger partial charge in [-0.2, -0.15) is 0 Å². The highest BCUT2D eigenvalue weighted by molar-refractivity contribution is 7.90. The van der Waals surface area contributed by atoms with E-state index in [2.05, 4.69) is 15.0 Å². The van der Waals surface area contributed by atoms with E-state index in [9.17, 15) is 27.9 Å². The van der Waals surface area contributed by atoms with Crippen molar-refractivity contribution in [2.24, 2.45) is 10.7 Å². The summed E-state index contributed by atoms with van der Waals surface area (Å²) >= 11 is 1.42. The van der Waals surface area contributed by atoms with Crippen LogP contribution in [0.25, 0.3) is 10.1 Å². The number of fused-ring (bicyclic) bond motifs is 1. The Bertz CT molecular complexity index is 2310. The number of aliphatic hydroxyl groups is 1. The van der Waals surface area contributed by atoms with E-state index in [1.54, 1.807) is 12.1 Å². The summed E-state index contributed by atoms with van der Waals surface area (Å²) in [6.07, 6.45) is 0.00386. The molecule has 0 aliphatic carbocycles. The van der Waals surface area contributed by atoms with E-state index in [4.69, 9.17) is 10.5 Å². The van der Waals surface area contributed by atoms with Gasteiger partial charge in [0.15, 0.2) is 0 Å². The van der Waals surface area contributed by atoms with Crippen LogP contribution in [0.5, 0.6) is 0 Å². The molecule has 0 spiro atoms. The number of hydrogen-bond donors (Lipinski definition) is 4. The van der Waals surface area contributed by atoms with E-state index in [1.807, 2.05) is 97.9 Å². The third-order valence-corrected chi connectivity index (χ3v) is 12.9. The molecule has 0 saturated carbocycles. The Morgan fingerprint density at radius 1 is 0.966 bits per heavy atom. The molecule has 6 rings (SSSR count). The molecule has 5 aromatic rings. The molecule has 1 fully saturated rings. The molecule has 0 radical (unpaired) electrons. The van der Waals surface area contributed by atoms with Gasteiger partial charge in [0.2, 0.25) is 17.8 Å². The Hall–Kier alpha value is -5.77. The van der Waals surface area contributed by atoms with Gasteiger partial charge in [0.05, 0.1) is 10.9 Å². The summed E-state index contributed by atoms with van der Waals surface area (Å²) in [5.74, 6) is -1.09. The minimum Gasteiger partial charge on any atom is -0.445 e. The summed E-state index contributed by atoms with van der Waals surface area (Å²) in [6, 6.07) is 32.0. The van der Waals surface area contributed by atoms with Crippen LogP contribution in [0.1, 0.15) is 53.4 Å². The van der Waals surface area contributed by atoms with E-state index in [0.717, 1.165) is 26.8 Å². The number of amides is 3. The van der Waals surface area contributed by atoms with E-state index in [0.29, 0.717) is 30.7 Å². The van der Waals surface area contributed by atoms with Gasteiger partial charge in [-0.3, -0.25) is 19.5 Å². The molecular formula is C44H50N6O7S2. The number of rotatable bonds is 16. The van der Waals surface area contributed by atoms with Gasteiger partial charge in [-0.25, -0.2) is 17.9 Å². The SMILES string of the molecule is Cc1ccc(S(=O)(=O)NC(N)=NCCC[C@H](NC(=O)[C@@H]2CCCN2C(=O)[C@@H](Cc2ccccc2)N(C)C(=O)OCc2ccccc2)C(O)c2cc3ccccc3s2)cc1. The molecule has 4 aromatic carbocycles. The number of carbonyl (C=O) groups excluding carboxylic acids is 3. The van der Waals surface area contributed by atoms with Gasteiger partial charge in [0, 0.05) is 36.1 Å². The minimum absolute atomic E-state index is 0.0372. The summed E-state index contributed by atoms with van der Waals surface area (Å²) in [4.78, 5) is 49.8. The maximum atomic E-state index is 14.5. The van der Waals surface area contributed by atoms with Crippen LogP contribution in [0.2, 0.25) is 0 Å². The highest BCUT2D eigenvalue weighted by atomic mass is 32.2. The number of ether oxygens (including phenoxy) is 1. The Labute approximate surface area is 348 Å². The molecule has 3 amide bonds. The number of sulfonamides is 1. The van der Waals surface area contributed by atoms with Crippen LogP contribution in [-0.2, 0) is 37.4 Å². The molecule has 2 heterocycles. The first-order chi connectivity index (χ1) is 28.4. The van der Waals surface area contributed by atoms with Gasteiger partial charge in [0.1, 0.15) is 24.8 Å². The van der Waals surface area contributed by atoms with Crippen molar-refractivity contribution in [1.29, 1.82) is 0 Å². The van der Waals surface area contributed by atoms with Crippen LogP contribution >= 0.6 is 11.3 Å². The summed E-state index contributed by atoms with van der Waals surface area (Å²) in [5, 5.41) is 15.8. The van der Waals surface area contributed by atoms with E-state index < -0.39 is 46.3 Å². The fraction of sp³-hybridized carbons (Fsp3) is 0.318. The summed E-state index contributed by atoms with van der Waals surface area (Å²) < 4.78 is 34.5. The van der Waals surface area contributed by atoms with Gasteiger partial charge >= 0.3 is 6.09 Å². The topological polar surface area (TPSA) is 184 Å². The van der Waals surface area contributed by atoms with Gasteiger partial charge in [0.25, 0.3) is 10.0 Å². The Morgan fingerprint density at radius 3 is 2.32 bits per heavy atom. The predicted octanol–water partition coefficient (Wildman–Crippen LogP) is 5.67. The number of nitrogens with one attached hydrogen (secondary N) is 2. The number of benzene rings is 4. The first-order valence-electron chi connectivity index (χ1n) is 19.5. The molecule has 0 bridgehead atoms. The van der Waals surface area contributed by atoms with Crippen molar-refractivity contribution in [3.8, 4) is 0 Å². The average Bonchev–Trinajstić information content (AvgIpc) is 3.92. The molecule has 5 N–H and O–H groups in total. The number of likely N-dealkylation sites (N-methyl/N-ethyl adjacent to an activating group) is 1. The third kappa shape index (κ3) is 11.2. The minimum atomic E-state index is -3.94. The maximum Gasteiger partial charge on any atom is 0.410 e. The third-order valence-electron chi connectivity index (χ3n) is 10.3. The zero-order chi connectivity index (χ0) is 41.9. The van der Waals surface area contributed by atoms with Crippen LogP contribution in [0.4, 0.5) is 4.79 Å². The number of guanidine groups is 1.